The summed E-state index contributed by atoms with van der Waals surface area (Å²) in [6.45, 7) is 7.33. The van der Waals surface area contributed by atoms with E-state index in [-0.39, 0.29) is 17.8 Å². The number of nitrogens with zero attached hydrogens (tertiary/aromatic N) is 3. The molecule has 8 nitrogen and oxygen atoms in total. The molecule has 11 heteroatoms. The number of methoxy groups -OCH3 is 1. The Balaban J connectivity index is 1.51. The number of aromatic nitrogens is 3. The summed E-state index contributed by atoms with van der Waals surface area (Å²) in [5.74, 6) is 0.276. The highest BCUT2D eigenvalue weighted by atomic mass is 32.2. The number of carbonyl (C=O) groups excluding carboxylic acids is 2. The smallest absolute Gasteiger partial charge is 0.341 e. The highest BCUT2D eigenvalue weighted by Gasteiger charge is 2.24. The van der Waals surface area contributed by atoms with Crippen molar-refractivity contribution in [2.75, 3.05) is 24.8 Å². The molecule has 3 aromatic rings. The molecule has 0 saturated carbocycles. The van der Waals surface area contributed by atoms with Crippen molar-refractivity contribution >= 4 is 51.3 Å². The average molecular weight is 521 g/mol. The van der Waals surface area contributed by atoms with E-state index in [1.807, 2.05) is 13.8 Å². The van der Waals surface area contributed by atoms with Crippen LogP contribution in [0.15, 0.2) is 16.6 Å². The number of aryl methyl sites for hydroxylation is 2. The molecule has 0 aliphatic carbocycles. The van der Waals surface area contributed by atoms with E-state index in [1.165, 1.54) is 35.1 Å². The van der Waals surface area contributed by atoms with Crippen LogP contribution in [0, 0.1) is 13.8 Å². The fourth-order valence-corrected chi connectivity index (χ4v) is 6.43. The van der Waals surface area contributed by atoms with E-state index in [9.17, 15) is 9.59 Å². The maximum Gasteiger partial charge on any atom is 0.341 e. The van der Waals surface area contributed by atoms with Gasteiger partial charge in [0.15, 0.2) is 11.0 Å². The Kier molecular flexibility index (Phi) is 8.07. The Hall–Kier alpha value is -2.21. The molecule has 1 atom stereocenters. The third-order valence-corrected chi connectivity index (χ3v) is 8.92. The molecule has 34 heavy (non-hydrogen) atoms. The molecular weight excluding hydrogens is 492 g/mol. The van der Waals surface area contributed by atoms with Crippen molar-refractivity contribution in [1.82, 2.24) is 14.8 Å². The van der Waals surface area contributed by atoms with Crippen LogP contribution < -0.4 is 5.32 Å². The fourth-order valence-electron chi connectivity index (χ4n) is 3.80. The number of amides is 1. The largest absolute Gasteiger partial charge is 0.465 e. The lowest BCUT2D eigenvalue weighted by Gasteiger charge is -2.14. The van der Waals surface area contributed by atoms with Gasteiger partial charge in [0.2, 0.25) is 5.91 Å². The zero-order valence-corrected chi connectivity index (χ0v) is 22.1. The van der Waals surface area contributed by atoms with E-state index < -0.39 is 5.97 Å². The van der Waals surface area contributed by atoms with Gasteiger partial charge in [0.05, 0.1) is 31.1 Å². The lowest BCUT2D eigenvalue weighted by atomic mass is 10.1. The molecular formula is C23H28N4O4S3. The molecule has 0 radical (unpaired) electrons. The number of esters is 1. The van der Waals surface area contributed by atoms with E-state index in [1.54, 1.807) is 11.3 Å². The summed E-state index contributed by atoms with van der Waals surface area (Å²) >= 11 is 4.42. The predicted molar refractivity (Wildman–Crippen MR) is 136 cm³/mol. The molecule has 182 valence electrons. The molecule has 4 heterocycles. The minimum Gasteiger partial charge on any atom is -0.465 e. The van der Waals surface area contributed by atoms with Gasteiger partial charge in [0.1, 0.15) is 5.00 Å². The molecule has 1 saturated heterocycles. The topological polar surface area (TPSA) is 95.3 Å². The molecule has 0 bridgehead atoms. The minimum absolute atomic E-state index is 0.117. The first-order valence-corrected chi connectivity index (χ1v) is 13.8. The monoisotopic (exact) mass is 520 g/mol. The molecule has 0 aromatic carbocycles. The summed E-state index contributed by atoms with van der Waals surface area (Å²) in [6.07, 6.45) is 3.14. The molecule has 4 rings (SSSR count). The van der Waals surface area contributed by atoms with Gasteiger partial charge in [-0.25, -0.2) is 4.79 Å². The minimum atomic E-state index is -0.451. The van der Waals surface area contributed by atoms with Crippen molar-refractivity contribution in [3.8, 4) is 11.4 Å². The molecule has 3 aromatic heterocycles. The molecule has 0 spiro atoms. The van der Waals surface area contributed by atoms with Gasteiger partial charge in [0.25, 0.3) is 0 Å². The normalized spacial score (nSPS) is 15.6. The summed E-state index contributed by atoms with van der Waals surface area (Å²) < 4.78 is 12.8. The Bertz CT molecular complexity index is 1180. The zero-order chi connectivity index (χ0) is 24.2. The van der Waals surface area contributed by atoms with Gasteiger partial charge in [-0.1, -0.05) is 18.7 Å². The molecule has 1 aliphatic rings. The zero-order valence-electron chi connectivity index (χ0n) is 19.7. The average Bonchev–Trinajstić information content (AvgIpc) is 3.61. The number of rotatable bonds is 9. The number of carbonyl (C=O) groups is 2. The van der Waals surface area contributed by atoms with Crippen molar-refractivity contribution in [2.45, 2.75) is 57.8 Å². The van der Waals surface area contributed by atoms with Crippen molar-refractivity contribution in [1.29, 1.82) is 0 Å². The lowest BCUT2D eigenvalue weighted by molar-refractivity contribution is -0.113. The van der Waals surface area contributed by atoms with Crippen LogP contribution in [0.1, 0.15) is 45.4 Å². The van der Waals surface area contributed by atoms with E-state index in [0.717, 1.165) is 47.7 Å². The van der Waals surface area contributed by atoms with Crippen molar-refractivity contribution in [2.24, 2.45) is 0 Å². The first-order chi connectivity index (χ1) is 16.4. The molecule has 1 fully saturated rings. The second kappa shape index (κ2) is 11.0. The van der Waals surface area contributed by atoms with E-state index in [4.69, 9.17) is 9.47 Å². The van der Waals surface area contributed by atoms with Gasteiger partial charge in [-0.15, -0.1) is 32.9 Å². The third kappa shape index (κ3) is 5.37. The Labute approximate surface area is 211 Å². The van der Waals surface area contributed by atoms with Crippen molar-refractivity contribution < 1.29 is 19.1 Å². The Morgan fingerprint density at radius 2 is 2.18 bits per heavy atom. The highest BCUT2D eigenvalue weighted by molar-refractivity contribution is 7.99. The van der Waals surface area contributed by atoms with Gasteiger partial charge < -0.3 is 14.8 Å². The maximum absolute atomic E-state index is 12.8. The van der Waals surface area contributed by atoms with Gasteiger partial charge in [-0.05, 0) is 44.7 Å². The summed E-state index contributed by atoms with van der Waals surface area (Å²) in [5, 5.41) is 15.0. The van der Waals surface area contributed by atoms with E-state index in [0.29, 0.717) is 22.3 Å². The van der Waals surface area contributed by atoms with Crippen LogP contribution in [0.4, 0.5) is 5.00 Å². The van der Waals surface area contributed by atoms with Gasteiger partial charge >= 0.3 is 5.97 Å². The standard InChI is InChI=1S/C23H28N4O4S3/c1-5-17-9-15(11-32-17)20-25-26-23(27(20)10-16-7-6-8-31-16)33-12-18(28)24-21-19(22(29)30-4)13(2)14(3)34-21/h9,11,16H,5-8,10,12H2,1-4H3,(H,24,28). The van der Waals surface area contributed by atoms with Gasteiger partial charge in [0, 0.05) is 27.3 Å². The quantitative estimate of drug-likeness (QED) is 0.315. The van der Waals surface area contributed by atoms with Crippen LogP contribution in [0.3, 0.4) is 0 Å². The SMILES string of the molecule is CCc1cc(-c2nnc(SCC(=O)Nc3sc(C)c(C)c3C(=O)OC)n2CC2CCCO2)cs1. The van der Waals surface area contributed by atoms with Gasteiger partial charge in [-0.3, -0.25) is 9.36 Å². The first kappa shape index (κ1) is 24.9. The van der Waals surface area contributed by atoms with E-state index >= 15 is 0 Å². The summed E-state index contributed by atoms with van der Waals surface area (Å²) in [6, 6.07) is 2.15. The van der Waals surface area contributed by atoms with E-state index in [2.05, 4.69) is 38.5 Å². The Morgan fingerprint density at radius 1 is 1.35 bits per heavy atom. The number of nitrogens with one attached hydrogen (secondary N) is 1. The number of ether oxygens (including phenoxy) is 2. The number of anilines is 1. The summed E-state index contributed by atoms with van der Waals surface area (Å²) in [5.41, 5.74) is 2.27. The number of thioether (sulfide) groups is 1. The summed E-state index contributed by atoms with van der Waals surface area (Å²) in [7, 11) is 1.34. The van der Waals surface area contributed by atoms with Crippen LogP contribution in [0.5, 0.6) is 0 Å². The number of hydrogen-bond donors (Lipinski definition) is 1. The lowest BCUT2D eigenvalue weighted by Crippen LogP contribution is -2.18. The second-order valence-electron chi connectivity index (χ2n) is 8.02. The van der Waals surface area contributed by atoms with Crippen LogP contribution >= 0.6 is 34.4 Å². The number of thiophene rings is 2. The van der Waals surface area contributed by atoms with Crippen LogP contribution in [0.25, 0.3) is 11.4 Å². The van der Waals surface area contributed by atoms with Crippen molar-refractivity contribution in [3.05, 3.63) is 32.3 Å². The Morgan fingerprint density at radius 3 is 2.85 bits per heavy atom. The molecule has 1 N–H and O–H groups in total. The maximum atomic E-state index is 12.8. The molecule has 1 amide bonds. The predicted octanol–water partition coefficient (Wildman–Crippen LogP) is 4.94. The first-order valence-electron chi connectivity index (χ1n) is 11.1. The van der Waals surface area contributed by atoms with Gasteiger partial charge in [-0.2, -0.15) is 0 Å². The molecule has 1 unspecified atom stereocenters. The molecule has 1 aliphatic heterocycles. The third-order valence-electron chi connectivity index (χ3n) is 5.75. The van der Waals surface area contributed by atoms with Crippen LogP contribution in [0.2, 0.25) is 0 Å². The fraction of sp³-hybridized carbons (Fsp3) is 0.478. The van der Waals surface area contributed by atoms with Crippen LogP contribution in [-0.4, -0.2) is 52.2 Å². The number of hydrogen-bond acceptors (Lipinski definition) is 9. The van der Waals surface area contributed by atoms with Crippen LogP contribution in [-0.2, 0) is 27.2 Å². The second-order valence-corrected chi connectivity index (χ2v) is 11.2. The summed E-state index contributed by atoms with van der Waals surface area (Å²) in [4.78, 5) is 27.2. The highest BCUT2D eigenvalue weighted by Crippen LogP contribution is 2.34. The van der Waals surface area contributed by atoms with Crippen molar-refractivity contribution in [3.63, 3.8) is 0 Å².